The van der Waals surface area contributed by atoms with Crippen LogP contribution in [0.4, 0.5) is 0 Å². The van der Waals surface area contributed by atoms with Crippen LogP contribution in [0.1, 0.15) is 31.7 Å². The molecule has 0 radical (unpaired) electrons. The topological polar surface area (TPSA) is 75.6 Å². The number of hydrogen-bond acceptors (Lipinski definition) is 3. The summed E-state index contributed by atoms with van der Waals surface area (Å²) in [6.07, 6.45) is 1.76. The van der Waals surface area contributed by atoms with E-state index in [1.807, 2.05) is 0 Å². The van der Waals surface area contributed by atoms with Gasteiger partial charge >= 0.3 is 5.97 Å². The third-order valence-corrected chi connectivity index (χ3v) is 4.51. The first-order valence-electron chi connectivity index (χ1n) is 6.97. The number of ether oxygens (including phenoxy) is 1. The number of carbonyl (C=O) groups is 2. The Balaban J connectivity index is 2.25. The number of benzene rings is 1. The van der Waals surface area contributed by atoms with E-state index in [9.17, 15) is 14.7 Å². The Morgan fingerprint density at radius 2 is 2.05 bits per heavy atom. The minimum Gasteiger partial charge on any atom is -0.479 e. The molecule has 2 unspecified atom stereocenters. The van der Waals surface area contributed by atoms with Crippen LogP contribution in [0.3, 0.4) is 0 Å². The summed E-state index contributed by atoms with van der Waals surface area (Å²) in [5, 5.41) is 12.7. The molecule has 1 aromatic carbocycles. The first-order valence-corrected chi connectivity index (χ1v) is 7.73. The van der Waals surface area contributed by atoms with Crippen molar-refractivity contribution in [3.8, 4) is 0 Å². The van der Waals surface area contributed by atoms with Crippen molar-refractivity contribution in [1.29, 1.82) is 0 Å². The Morgan fingerprint density at radius 3 is 2.59 bits per heavy atom. The number of aliphatic carboxylic acids is 1. The van der Waals surface area contributed by atoms with Crippen LogP contribution in [0.15, 0.2) is 18.2 Å². The number of hydrogen-bond donors (Lipinski definition) is 2. The zero-order chi connectivity index (χ0) is 16.3. The Bertz CT molecular complexity index is 587. The highest BCUT2D eigenvalue weighted by Crippen LogP contribution is 2.29. The summed E-state index contributed by atoms with van der Waals surface area (Å²) in [6, 6.07) is 4.48. The third-order valence-electron chi connectivity index (χ3n) is 3.77. The van der Waals surface area contributed by atoms with Gasteiger partial charge in [0, 0.05) is 6.61 Å². The molecule has 1 aliphatic heterocycles. The SMILES string of the molecule is CC(NC(=O)C1CCCCO1)(C(=O)O)c1ccc(Cl)c(Cl)c1. The fourth-order valence-electron chi connectivity index (χ4n) is 2.33. The minimum atomic E-state index is -1.61. The van der Waals surface area contributed by atoms with Crippen molar-refractivity contribution in [3.05, 3.63) is 33.8 Å². The van der Waals surface area contributed by atoms with Crippen molar-refractivity contribution in [1.82, 2.24) is 5.32 Å². The first kappa shape index (κ1) is 17.1. The number of carbonyl (C=O) groups excluding carboxylic acids is 1. The van der Waals surface area contributed by atoms with Gasteiger partial charge in [-0.1, -0.05) is 29.3 Å². The Labute approximate surface area is 138 Å². The van der Waals surface area contributed by atoms with Crippen molar-refractivity contribution in [2.75, 3.05) is 6.61 Å². The number of halogens is 2. The molecule has 1 aliphatic rings. The van der Waals surface area contributed by atoms with Crippen molar-refractivity contribution in [3.63, 3.8) is 0 Å². The van der Waals surface area contributed by atoms with Gasteiger partial charge in [0.25, 0.3) is 0 Å². The Hall–Kier alpha value is -1.30. The quantitative estimate of drug-likeness (QED) is 0.879. The van der Waals surface area contributed by atoms with Crippen molar-refractivity contribution in [2.45, 2.75) is 37.8 Å². The molecule has 1 fully saturated rings. The molecule has 7 heteroatoms. The van der Waals surface area contributed by atoms with E-state index in [4.69, 9.17) is 27.9 Å². The molecule has 1 saturated heterocycles. The van der Waals surface area contributed by atoms with E-state index >= 15 is 0 Å². The van der Waals surface area contributed by atoms with E-state index in [-0.39, 0.29) is 5.02 Å². The maximum absolute atomic E-state index is 12.3. The zero-order valence-electron chi connectivity index (χ0n) is 12.1. The van der Waals surface area contributed by atoms with Crippen molar-refractivity contribution >= 4 is 35.1 Å². The van der Waals surface area contributed by atoms with Crippen molar-refractivity contribution in [2.24, 2.45) is 0 Å². The summed E-state index contributed by atoms with van der Waals surface area (Å²) in [5.41, 5.74) is -1.26. The van der Waals surface area contributed by atoms with E-state index in [0.29, 0.717) is 23.6 Å². The minimum absolute atomic E-state index is 0.231. The molecule has 0 aromatic heterocycles. The molecule has 1 aromatic rings. The van der Waals surface area contributed by atoms with Gasteiger partial charge in [0.15, 0.2) is 5.54 Å². The fraction of sp³-hybridized carbons (Fsp3) is 0.467. The molecular formula is C15H17Cl2NO4. The fourth-order valence-corrected chi connectivity index (χ4v) is 2.63. The average molecular weight is 346 g/mol. The van der Waals surface area contributed by atoms with Crippen LogP contribution in [0.2, 0.25) is 10.0 Å². The van der Waals surface area contributed by atoms with Gasteiger partial charge in [-0.3, -0.25) is 4.79 Å². The second-order valence-corrected chi connectivity index (χ2v) is 6.22. The number of carboxylic acids is 1. The Morgan fingerprint density at radius 1 is 1.32 bits per heavy atom. The highest BCUT2D eigenvalue weighted by Gasteiger charge is 2.39. The van der Waals surface area contributed by atoms with Crippen molar-refractivity contribution < 1.29 is 19.4 Å². The van der Waals surface area contributed by atoms with Gasteiger partial charge in [-0.05, 0) is 43.9 Å². The molecule has 2 N–H and O–H groups in total. The summed E-state index contributed by atoms with van der Waals surface area (Å²) in [6.45, 7) is 1.92. The number of carboxylic acid groups (broad SMARTS) is 1. The first-order chi connectivity index (χ1) is 10.3. The predicted molar refractivity (Wildman–Crippen MR) is 83.2 cm³/mol. The summed E-state index contributed by atoms with van der Waals surface area (Å²) in [7, 11) is 0. The molecule has 0 saturated carbocycles. The smallest absolute Gasteiger partial charge is 0.333 e. The molecule has 120 valence electrons. The van der Waals surface area contributed by atoms with Crippen LogP contribution in [-0.4, -0.2) is 29.7 Å². The van der Waals surface area contributed by atoms with Crippen LogP contribution in [0, 0.1) is 0 Å². The normalized spacial score (nSPS) is 21.0. The molecule has 0 spiro atoms. The summed E-state index contributed by atoms with van der Waals surface area (Å²) < 4.78 is 5.39. The van der Waals surface area contributed by atoms with Crippen LogP contribution in [0.5, 0.6) is 0 Å². The van der Waals surface area contributed by atoms with Gasteiger partial charge in [0.2, 0.25) is 5.91 Å². The van der Waals surface area contributed by atoms with Crippen LogP contribution < -0.4 is 5.32 Å². The molecule has 0 bridgehead atoms. The predicted octanol–water partition coefficient (Wildman–Crippen LogP) is 2.98. The lowest BCUT2D eigenvalue weighted by Gasteiger charge is -2.30. The maximum atomic E-state index is 12.3. The lowest BCUT2D eigenvalue weighted by atomic mass is 9.91. The maximum Gasteiger partial charge on any atom is 0.333 e. The molecule has 22 heavy (non-hydrogen) atoms. The molecule has 2 rings (SSSR count). The second-order valence-electron chi connectivity index (χ2n) is 5.40. The van der Waals surface area contributed by atoms with Gasteiger partial charge in [-0.15, -0.1) is 0 Å². The van der Waals surface area contributed by atoms with E-state index in [1.165, 1.54) is 25.1 Å². The van der Waals surface area contributed by atoms with Gasteiger partial charge in [0.05, 0.1) is 10.0 Å². The Kier molecular flexibility index (Phi) is 5.32. The number of amides is 1. The molecule has 5 nitrogen and oxygen atoms in total. The average Bonchev–Trinajstić information content (AvgIpc) is 2.50. The van der Waals surface area contributed by atoms with Gasteiger partial charge in [-0.2, -0.15) is 0 Å². The zero-order valence-corrected chi connectivity index (χ0v) is 13.6. The van der Waals surface area contributed by atoms with E-state index in [1.54, 1.807) is 0 Å². The van der Waals surface area contributed by atoms with Gasteiger partial charge < -0.3 is 15.2 Å². The third kappa shape index (κ3) is 3.54. The molecule has 0 aliphatic carbocycles. The van der Waals surface area contributed by atoms with E-state index < -0.39 is 23.5 Å². The molecule has 1 heterocycles. The summed E-state index contributed by atoms with van der Waals surface area (Å²) >= 11 is 11.8. The number of nitrogens with one attached hydrogen (secondary N) is 1. The number of rotatable bonds is 4. The summed E-state index contributed by atoms with van der Waals surface area (Å²) in [4.78, 5) is 24.0. The second kappa shape index (κ2) is 6.86. The van der Waals surface area contributed by atoms with Crippen LogP contribution in [0.25, 0.3) is 0 Å². The van der Waals surface area contributed by atoms with E-state index in [2.05, 4.69) is 5.32 Å². The molecular weight excluding hydrogens is 329 g/mol. The van der Waals surface area contributed by atoms with Crippen LogP contribution >= 0.6 is 23.2 Å². The monoisotopic (exact) mass is 345 g/mol. The lowest BCUT2D eigenvalue weighted by Crippen LogP contribution is -2.53. The van der Waals surface area contributed by atoms with Gasteiger partial charge in [-0.25, -0.2) is 4.79 Å². The van der Waals surface area contributed by atoms with Crippen LogP contribution in [-0.2, 0) is 19.9 Å². The van der Waals surface area contributed by atoms with Gasteiger partial charge in [0.1, 0.15) is 6.10 Å². The molecule has 1 amide bonds. The highest BCUT2D eigenvalue weighted by molar-refractivity contribution is 6.42. The lowest BCUT2D eigenvalue weighted by molar-refractivity contribution is -0.150. The standard InChI is InChI=1S/C15H17Cl2NO4/c1-15(14(20)21,9-5-6-10(16)11(17)8-9)18-13(19)12-4-2-3-7-22-12/h5-6,8,12H,2-4,7H2,1H3,(H,18,19)(H,20,21). The highest BCUT2D eigenvalue weighted by atomic mass is 35.5. The largest absolute Gasteiger partial charge is 0.479 e. The summed E-state index contributed by atoms with van der Waals surface area (Å²) in [5.74, 6) is -1.62. The van der Waals surface area contributed by atoms with E-state index in [0.717, 1.165) is 12.8 Å². The molecule has 2 atom stereocenters.